The predicted molar refractivity (Wildman–Crippen MR) is 168 cm³/mol. The Hall–Kier alpha value is -5.31. The summed E-state index contributed by atoms with van der Waals surface area (Å²) in [4.78, 5) is 43.2. The number of benzene rings is 3. The molecule has 5 rings (SSSR count). The van der Waals surface area contributed by atoms with E-state index < -0.39 is 12.1 Å². The summed E-state index contributed by atoms with van der Waals surface area (Å²) in [5, 5.41) is 17.3. The number of nitrogens with zero attached hydrogens (tertiary/aromatic N) is 2. The minimum Gasteiger partial charge on any atom is -0.465 e. The van der Waals surface area contributed by atoms with Crippen LogP contribution in [0.3, 0.4) is 0 Å². The summed E-state index contributed by atoms with van der Waals surface area (Å²) in [7, 11) is 0. The first kappa shape index (κ1) is 29.2. The molecule has 9 nitrogen and oxygen atoms in total. The van der Waals surface area contributed by atoms with Crippen LogP contribution in [0.4, 0.5) is 10.5 Å². The standard InChI is InChI=1S/C34H35N5O4/c1-24-12-14-31(33(41)39(24)23-32(40)36-20-27-13-15-30-28(18-27)16-17-35-30)37-29(19-25-8-4-2-5-9-25)22-38(34(42)43)21-26-10-6-3-7-11-26/h2-18,29,35,37H,19-23H2,1H3,(H,36,40)(H,42,43). The van der Waals surface area contributed by atoms with Crippen LogP contribution in [0, 0.1) is 6.92 Å². The van der Waals surface area contributed by atoms with Gasteiger partial charge < -0.3 is 30.2 Å². The van der Waals surface area contributed by atoms with Crippen molar-refractivity contribution in [1.29, 1.82) is 0 Å². The van der Waals surface area contributed by atoms with Crippen molar-refractivity contribution in [2.75, 3.05) is 11.9 Å². The minimum absolute atomic E-state index is 0.134. The highest BCUT2D eigenvalue weighted by atomic mass is 16.4. The highest BCUT2D eigenvalue weighted by Crippen LogP contribution is 2.15. The van der Waals surface area contributed by atoms with E-state index in [0.717, 1.165) is 27.6 Å². The number of anilines is 1. The summed E-state index contributed by atoms with van der Waals surface area (Å²) in [5.74, 6) is -0.280. The zero-order valence-electron chi connectivity index (χ0n) is 24.0. The van der Waals surface area contributed by atoms with Gasteiger partial charge in [0, 0.05) is 43.1 Å². The number of hydrogen-bond donors (Lipinski definition) is 4. The number of carbonyl (C=O) groups excluding carboxylic acids is 1. The molecule has 0 saturated heterocycles. The van der Waals surface area contributed by atoms with Gasteiger partial charge in [0.2, 0.25) is 5.91 Å². The first-order valence-corrected chi connectivity index (χ1v) is 14.2. The first-order chi connectivity index (χ1) is 20.9. The van der Waals surface area contributed by atoms with E-state index in [1.807, 2.05) is 91.1 Å². The maximum atomic E-state index is 13.6. The van der Waals surface area contributed by atoms with Gasteiger partial charge in [-0.2, -0.15) is 0 Å². The maximum absolute atomic E-state index is 13.6. The van der Waals surface area contributed by atoms with Gasteiger partial charge in [-0.1, -0.05) is 66.7 Å². The van der Waals surface area contributed by atoms with E-state index in [9.17, 15) is 19.5 Å². The Bertz CT molecular complexity index is 1750. The fourth-order valence-corrected chi connectivity index (χ4v) is 5.15. The quantitative estimate of drug-likeness (QED) is 0.163. The number of nitrogens with one attached hydrogen (secondary N) is 3. The number of aromatic amines is 1. The lowest BCUT2D eigenvalue weighted by molar-refractivity contribution is -0.121. The molecule has 1 unspecified atom stereocenters. The van der Waals surface area contributed by atoms with Gasteiger partial charge in [0.25, 0.3) is 5.56 Å². The largest absolute Gasteiger partial charge is 0.465 e. The van der Waals surface area contributed by atoms with Gasteiger partial charge in [-0.3, -0.25) is 9.59 Å². The van der Waals surface area contributed by atoms with Gasteiger partial charge in [0.15, 0.2) is 0 Å². The number of rotatable bonds is 12. The molecule has 9 heteroatoms. The van der Waals surface area contributed by atoms with E-state index in [0.29, 0.717) is 24.3 Å². The van der Waals surface area contributed by atoms with E-state index in [1.54, 1.807) is 19.1 Å². The maximum Gasteiger partial charge on any atom is 0.407 e. The van der Waals surface area contributed by atoms with Crippen molar-refractivity contribution in [2.24, 2.45) is 0 Å². The van der Waals surface area contributed by atoms with Crippen LogP contribution in [0.25, 0.3) is 10.9 Å². The third-order valence-electron chi connectivity index (χ3n) is 7.41. The van der Waals surface area contributed by atoms with Crippen LogP contribution in [0.5, 0.6) is 0 Å². The summed E-state index contributed by atoms with van der Waals surface area (Å²) >= 11 is 0. The number of aryl methyl sites for hydroxylation is 1. The topological polar surface area (TPSA) is 119 Å². The smallest absolute Gasteiger partial charge is 0.407 e. The molecule has 0 aliphatic carbocycles. The molecule has 1 atom stereocenters. The second-order valence-electron chi connectivity index (χ2n) is 10.6. The minimum atomic E-state index is -1.04. The van der Waals surface area contributed by atoms with Crippen LogP contribution >= 0.6 is 0 Å². The molecule has 5 aromatic rings. The van der Waals surface area contributed by atoms with Crippen molar-refractivity contribution in [3.05, 3.63) is 136 Å². The molecule has 2 heterocycles. The highest BCUT2D eigenvalue weighted by molar-refractivity contribution is 5.80. The number of pyridine rings is 1. The molecule has 2 amide bonds. The Morgan fingerprint density at radius 1 is 0.907 bits per heavy atom. The van der Waals surface area contributed by atoms with E-state index in [4.69, 9.17) is 0 Å². The number of aromatic nitrogens is 2. The normalized spacial score (nSPS) is 11.7. The van der Waals surface area contributed by atoms with Crippen molar-refractivity contribution in [2.45, 2.75) is 39.0 Å². The van der Waals surface area contributed by atoms with Crippen LogP contribution in [0.1, 0.15) is 22.4 Å². The van der Waals surface area contributed by atoms with Gasteiger partial charge in [-0.05, 0) is 65.8 Å². The van der Waals surface area contributed by atoms with Gasteiger partial charge in [-0.25, -0.2) is 4.79 Å². The second-order valence-corrected chi connectivity index (χ2v) is 10.6. The van der Waals surface area contributed by atoms with E-state index >= 15 is 0 Å². The van der Waals surface area contributed by atoms with Crippen molar-refractivity contribution in [3.8, 4) is 0 Å². The number of carbonyl (C=O) groups is 2. The molecule has 0 spiro atoms. The van der Waals surface area contributed by atoms with Crippen molar-refractivity contribution >= 4 is 28.6 Å². The summed E-state index contributed by atoms with van der Waals surface area (Å²) in [6, 6.07) is 30.1. The molecule has 3 aromatic carbocycles. The lowest BCUT2D eigenvalue weighted by Gasteiger charge is -2.27. The van der Waals surface area contributed by atoms with Crippen molar-refractivity contribution in [3.63, 3.8) is 0 Å². The number of amides is 2. The lowest BCUT2D eigenvalue weighted by Crippen LogP contribution is -2.42. The van der Waals surface area contributed by atoms with Crippen LogP contribution in [0.2, 0.25) is 0 Å². The van der Waals surface area contributed by atoms with Gasteiger partial charge in [0.1, 0.15) is 12.2 Å². The molecule has 0 fully saturated rings. The lowest BCUT2D eigenvalue weighted by atomic mass is 10.0. The Balaban J connectivity index is 1.32. The van der Waals surface area contributed by atoms with Gasteiger partial charge in [0.05, 0.1) is 0 Å². The van der Waals surface area contributed by atoms with Gasteiger partial charge >= 0.3 is 6.09 Å². The monoisotopic (exact) mass is 577 g/mol. The number of carboxylic acid groups (broad SMARTS) is 1. The Kier molecular flexibility index (Phi) is 9.21. The SMILES string of the molecule is Cc1ccc(NC(Cc2ccccc2)CN(Cc2ccccc2)C(=O)O)c(=O)n1CC(=O)NCc1ccc2[nH]ccc2c1. The Morgan fingerprint density at radius 3 is 2.35 bits per heavy atom. The summed E-state index contributed by atoms with van der Waals surface area (Å²) in [6.07, 6.45) is 1.33. The zero-order chi connectivity index (χ0) is 30.2. The number of hydrogen-bond acceptors (Lipinski definition) is 4. The Morgan fingerprint density at radius 2 is 1.63 bits per heavy atom. The second kappa shape index (κ2) is 13.6. The fraction of sp³-hybridized carbons (Fsp3) is 0.206. The summed E-state index contributed by atoms with van der Waals surface area (Å²) < 4.78 is 1.44. The molecule has 220 valence electrons. The predicted octanol–water partition coefficient (Wildman–Crippen LogP) is 5.16. The van der Waals surface area contributed by atoms with Crippen LogP contribution < -0.4 is 16.2 Å². The molecular weight excluding hydrogens is 542 g/mol. The fourth-order valence-electron chi connectivity index (χ4n) is 5.15. The van der Waals surface area contributed by atoms with E-state index in [2.05, 4.69) is 15.6 Å². The molecule has 4 N–H and O–H groups in total. The molecule has 43 heavy (non-hydrogen) atoms. The molecule has 0 saturated carbocycles. The van der Waals surface area contributed by atoms with Crippen molar-refractivity contribution < 1.29 is 14.7 Å². The zero-order valence-corrected chi connectivity index (χ0v) is 24.0. The van der Waals surface area contributed by atoms with E-state index in [-0.39, 0.29) is 31.1 Å². The third-order valence-corrected chi connectivity index (χ3v) is 7.41. The third kappa shape index (κ3) is 7.71. The summed E-state index contributed by atoms with van der Waals surface area (Å²) in [5.41, 5.74) is 4.49. The van der Waals surface area contributed by atoms with E-state index in [1.165, 1.54) is 9.47 Å². The average Bonchev–Trinajstić information content (AvgIpc) is 3.48. The average molecular weight is 578 g/mol. The first-order valence-electron chi connectivity index (χ1n) is 14.2. The van der Waals surface area contributed by atoms with Crippen LogP contribution in [-0.2, 0) is 30.8 Å². The number of fused-ring (bicyclic) bond motifs is 1. The van der Waals surface area contributed by atoms with Crippen LogP contribution in [-0.4, -0.2) is 44.1 Å². The van der Waals surface area contributed by atoms with Crippen LogP contribution in [0.15, 0.2) is 108 Å². The van der Waals surface area contributed by atoms with Crippen molar-refractivity contribution in [1.82, 2.24) is 19.8 Å². The number of H-pyrrole nitrogens is 1. The molecule has 0 aliphatic heterocycles. The summed E-state index contributed by atoms with van der Waals surface area (Å²) in [6.45, 7) is 2.37. The highest BCUT2D eigenvalue weighted by Gasteiger charge is 2.21. The molecular formula is C34H35N5O4. The Labute approximate surface area is 249 Å². The molecule has 2 aromatic heterocycles. The molecule has 0 radical (unpaired) electrons. The molecule has 0 bridgehead atoms. The molecule has 0 aliphatic rings. The van der Waals surface area contributed by atoms with Gasteiger partial charge in [-0.15, -0.1) is 0 Å².